The normalized spacial score (nSPS) is 22.9. The molecule has 2 N–H and O–H groups in total. The summed E-state index contributed by atoms with van der Waals surface area (Å²) < 4.78 is 28.2. The molecular formula is C31H35N3O8. The highest BCUT2D eigenvalue weighted by Gasteiger charge is 2.49. The summed E-state index contributed by atoms with van der Waals surface area (Å²) >= 11 is 0. The molecule has 0 unspecified atom stereocenters. The zero-order chi connectivity index (χ0) is 29.4. The Morgan fingerprint density at radius 2 is 1.62 bits per heavy atom. The lowest BCUT2D eigenvalue weighted by Crippen LogP contribution is -2.54. The maximum absolute atomic E-state index is 14.5. The number of piperazine rings is 1. The number of hydrogen-bond acceptors (Lipinski definition) is 10. The van der Waals surface area contributed by atoms with Crippen LogP contribution < -0.4 is 28.6 Å². The number of fused-ring (bicyclic) bond motifs is 2. The SMILES string of the molecule is COc1cc([C@@H]2c3cc4c(cc3[C@H](O)[C@@H](CO)[C@@H]2C(=O)N2CCN(c3ccccn3)CC2)OCO4)cc(OC)c1OC. The average Bonchev–Trinajstić information content (AvgIpc) is 3.51. The van der Waals surface area contributed by atoms with E-state index in [0.717, 1.165) is 16.9 Å². The van der Waals surface area contributed by atoms with E-state index >= 15 is 0 Å². The molecule has 222 valence electrons. The van der Waals surface area contributed by atoms with E-state index in [9.17, 15) is 15.0 Å². The van der Waals surface area contributed by atoms with Crippen LogP contribution in [0.15, 0.2) is 48.7 Å². The van der Waals surface area contributed by atoms with Gasteiger partial charge in [-0.2, -0.15) is 0 Å². The maximum Gasteiger partial charge on any atom is 0.231 e. The summed E-state index contributed by atoms with van der Waals surface area (Å²) in [6.45, 7) is 1.87. The van der Waals surface area contributed by atoms with Gasteiger partial charge in [0.2, 0.25) is 18.4 Å². The Labute approximate surface area is 244 Å². The third kappa shape index (κ3) is 4.72. The quantitative estimate of drug-likeness (QED) is 0.433. The number of pyridine rings is 1. The molecule has 0 spiro atoms. The lowest BCUT2D eigenvalue weighted by Gasteiger charge is -2.45. The Morgan fingerprint density at radius 3 is 2.19 bits per heavy atom. The van der Waals surface area contributed by atoms with Gasteiger partial charge in [0.25, 0.3) is 0 Å². The topological polar surface area (TPSA) is 123 Å². The van der Waals surface area contributed by atoms with E-state index in [0.29, 0.717) is 60.5 Å². The average molecular weight is 578 g/mol. The Morgan fingerprint density at radius 1 is 0.952 bits per heavy atom. The molecule has 0 saturated carbocycles. The fourth-order valence-corrected chi connectivity index (χ4v) is 6.48. The first kappa shape index (κ1) is 27.9. The first-order valence-electron chi connectivity index (χ1n) is 14.0. The van der Waals surface area contributed by atoms with Crippen molar-refractivity contribution in [3.8, 4) is 28.7 Å². The minimum atomic E-state index is -1.10. The predicted octanol–water partition coefficient (Wildman–Crippen LogP) is 2.59. The van der Waals surface area contributed by atoms with Gasteiger partial charge in [0.1, 0.15) is 5.82 Å². The lowest BCUT2D eigenvalue weighted by atomic mass is 9.64. The zero-order valence-electron chi connectivity index (χ0n) is 23.9. The first-order chi connectivity index (χ1) is 20.5. The van der Waals surface area contributed by atoms with Crippen LogP contribution in [-0.4, -0.2) is 86.9 Å². The largest absolute Gasteiger partial charge is 0.493 e. The second kappa shape index (κ2) is 11.6. The molecule has 11 nitrogen and oxygen atoms in total. The van der Waals surface area contributed by atoms with Crippen LogP contribution in [0, 0.1) is 11.8 Å². The monoisotopic (exact) mass is 577 g/mol. The van der Waals surface area contributed by atoms with Crippen LogP contribution >= 0.6 is 0 Å². The molecule has 2 aromatic carbocycles. The number of carbonyl (C=O) groups is 1. The van der Waals surface area contributed by atoms with Crippen molar-refractivity contribution in [3.63, 3.8) is 0 Å². The van der Waals surface area contributed by atoms with Crippen molar-refractivity contribution in [2.75, 3.05) is 65.8 Å². The number of rotatable bonds is 7. The third-order valence-corrected chi connectivity index (χ3v) is 8.56. The molecule has 6 rings (SSSR count). The van der Waals surface area contributed by atoms with Gasteiger partial charge in [0, 0.05) is 50.8 Å². The van der Waals surface area contributed by atoms with Gasteiger partial charge in [0.15, 0.2) is 23.0 Å². The molecule has 4 atom stereocenters. The minimum Gasteiger partial charge on any atom is -0.493 e. The number of amides is 1. The van der Waals surface area contributed by atoms with Gasteiger partial charge in [-0.05, 0) is 53.1 Å². The summed E-state index contributed by atoms with van der Waals surface area (Å²) in [5.41, 5.74) is 2.03. The van der Waals surface area contributed by atoms with Gasteiger partial charge in [-0.1, -0.05) is 6.07 Å². The number of aliphatic hydroxyl groups excluding tert-OH is 2. The van der Waals surface area contributed by atoms with Gasteiger partial charge in [-0.25, -0.2) is 4.98 Å². The summed E-state index contributed by atoms with van der Waals surface area (Å²) in [6.07, 6.45) is 0.661. The molecule has 1 amide bonds. The van der Waals surface area contributed by atoms with Crippen molar-refractivity contribution in [1.29, 1.82) is 0 Å². The zero-order valence-corrected chi connectivity index (χ0v) is 23.9. The number of aliphatic hydroxyl groups is 2. The minimum absolute atomic E-state index is 0.0650. The van der Waals surface area contributed by atoms with Crippen molar-refractivity contribution < 1.29 is 38.7 Å². The molecule has 1 fully saturated rings. The van der Waals surface area contributed by atoms with Crippen molar-refractivity contribution >= 4 is 11.7 Å². The van der Waals surface area contributed by atoms with E-state index in [1.807, 2.05) is 41.3 Å². The van der Waals surface area contributed by atoms with Gasteiger partial charge in [0.05, 0.1) is 33.4 Å². The summed E-state index contributed by atoms with van der Waals surface area (Å²) in [5.74, 6) is 0.960. The van der Waals surface area contributed by atoms with E-state index in [-0.39, 0.29) is 19.3 Å². The van der Waals surface area contributed by atoms with Crippen LogP contribution in [0.5, 0.6) is 28.7 Å². The van der Waals surface area contributed by atoms with Gasteiger partial charge in [-0.15, -0.1) is 0 Å². The van der Waals surface area contributed by atoms with Crippen molar-refractivity contribution in [2.45, 2.75) is 12.0 Å². The molecule has 1 aliphatic carbocycles. The molecule has 11 heteroatoms. The number of nitrogens with zero attached hydrogens (tertiary/aromatic N) is 3. The number of anilines is 1. The maximum atomic E-state index is 14.5. The van der Waals surface area contributed by atoms with Crippen molar-refractivity contribution in [3.05, 3.63) is 65.4 Å². The van der Waals surface area contributed by atoms with Crippen LogP contribution in [0.25, 0.3) is 0 Å². The highest BCUT2D eigenvalue weighted by Crippen LogP contribution is 2.54. The number of ether oxygens (including phenoxy) is 5. The standard InChI is InChI=1S/C31H35N3O8/c1-38-24-12-18(13-25(39-2)30(24)40-3)27-19-14-22-23(42-17-41-22)15-20(19)29(36)21(16-35)28(27)31(37)34-10-8-33(9-11-34)26-6-4-5-7-32-26/h4-7,12-15,21,27-29,35-36H,8-11,16-17H2,1-3H3/t21-,27+,28-,29-/m0/s1. The smallest absolute Gasteiger partial charge is 0.231 e. The Kier molecular flexibility index (Phi) is 7.70. The third-order valence-electron chi connectivity index (χ3n) is 8.56. The van der Waals surface area contributed by atoms with Crippen LogP contribution in [0.4, 0.5) is 5.82 Å². The molecule has 2 aliphatic heterocycles. The highest BCUT2D eigenvalue weighted by atomic mass is 16.7. The van der Waals surface area contributed by atoms with Crippen molar-refractivity contribution in [2.24, 2.45) is 11.8 Å². The van der Waals surface area contributed by atoms with Crippen LogP contribution in [0.2, 0.25) is 0 Å². The fourth-order valence-electron chi connectivity index (χ4n) is 6.48. The molecule has 1 saturated heterocycles. The number of benzene rings is 2. The summed E-state index contributed by atoms with van der Waals surface area (Å²) in [6, 6.07) is 13.0. The summed E-state index contributed by atoms with van der Waals surface area (Å²) in [5, 5.41) is 22.3. The van der Waals surface area contributed by atoms with E-state index in [1.165, 1.54) is 21.3 Å². The van der Waals surface area contributed by atoms with E-state index < -0.39 is 23.9 Å². The molecule has 3 aromatic rings. The second-order valence-electron chi connectivity index (χ2n) is 10.6. The fraction of sp³-hybridized carbons (Fsp3) is 0.419. The summed E-state index contributed by atoms with van der Waals surface area (Å²) in [4.78, 5) is 22.9. The lowest BCUT2D eigenvalue weighted by molar-refractivity contribution is -0.142. The van der Waals surface area contributed by atoms with Crippen LogP contribution in [0.1, 0.15) is 28.7 Å². The van der Waals surface area contributed by atoms with Crippen LogP contribution in [0.3, 0.4) is 0 Å². The Hall–Kier alpha value is -4.22. The van der Waals surface area contributed by atoms with Gasteiger partial charge >= 0.3 is 0 Å². The first-order valence-corrected chi connectivity index (χ1v) is 14.0. The van der Waals surface area contributed by atoms with Gasteiger partial charge < -0.3 is 43.7 Å². The number of methoxy groups -OCH3 is 3. The number of aromatic nitrogens is 1. The van der Waals surface area contributed by atoms with E-state index in [1.54, 1.807) is 12.3 Å². The van der Waals surface area contributed by atoms with Crippen LogP contribution in [-0.2, 0) is 4.79 Å². The Balaban J connectivity index is 1.44. The molecule has 3 heterocycles. The molecule has 3 aliphatic rings. The molecular weight excluding hydrogens is 542 g/mol. The molecule has 42 heavy (non-hydrogen) atoms. The number of carbonyl (C=O) groups excluding carboxylic acids is 1. The molecule has 1 aromatic heterocycles. The molecule has 0 bridgehead atoms. The second-order valence-corrected chi connectivity index (χ2v) is 10.6. The number of hydrogen-bond donors (Lipinski definition) is 2. The highest BCUT2D eigenvalue weighted by molar-refractivity contribution is 5.82. The molecule has 0 radical (unpaired) electrons. The van der Waals surface area contributed by atoms with Gasteiger partial charge in [-0.3, -0.25) is 4.79 Å². The predicted molar refractivity (Wildman–Crippen MR) is 153 cm³/mol. The summed E-state index contributed by atoms with van der Waals surface area (Å²) in [7, 11) is 4.61. The van der Waals surface area contributed by atoms with E-state index in [2.05, 4.69) is 9.88 Å². The van der Waals surface area contributed by atoms with E-state index in [4.69, 9.17) is 23.7 Å². The van der Waals surface area contributed by atoms with Crippen molar-refractivity contribution in [1.82, 2.24) is 9.88 Å². The Bertz CT molecular complexity index is 1420.